The molecule has 1 saturated carbocycles. The number of hydrogen-bond donors (Lipinski definition) is 1. The van der Waals surface area contributed by atoms with Crippen LogP contribution in [-0.2, 0) is 11.3 Å². The zero-order chi connectivity index (χ0) is 21.1. The van der Waals surface area contributed by atoms with Gasteiger partial charge in [-0.3, -0.25) is 9.47 Å². The summed E-state index contributed by atoms with van der Waals surface area (Å²) < 4.78 is 6.11. The first-order valence-corrected chi connectivity index (χ1v) is 11.2. The highest BCUT2D eigenvalue weighted by atomic mass is 32.1. The van der Waals surface area contributed by atoms with E-state index >= 15 is 0 Å². The zero-order valence-corrected chi connectivity index (χ0v) is 18.4. The van der Waals surface area contributed by atoms with Gasteiger partial charge in [0, 0.05) is 24.0 Å². The molecule has 0 atom stereocenters. The van der Waals surface area contributed by atoms with E-state index in [0.717, 1.165) is 24.4 Å². The summed E-state index contributed by atoms with van der Waals surface area (Å²) in [5.74, 6) is 1.65. The standard InChI is InChI=1S/C23H29N5OS/c1-17(2)18-10-12-20(13-11-18)24-21(29)16-27-23(30)28(26-14-6-7-15-26)22(25-27)19-8-4-3-5-9-19/h6-7,10-15,17,19H,3-5,8-9,16H2,1-2H3,(H,24,29). The van der Waals surface area contributed by atoms with Crippen LogP contribution >= 0.6 is 12.2 Å². The van der Waals surface area contributed by atoms with Gasteiger partial charge < -0.3 is 5.32 Å². The number of anilines is 1. The van der Waals surface area contributed by atoms with Crippen LogP contribution in [0.1, 0.15) is 69.2 Å². The van der Waals surface area contributed by atoms with Crippen LogP contribution in [0, 0.1) is 4.77 Å². The van der Waals surface area contributed by atoms with Crippen molar-refractivity contribution in [1.29, 1.82) is 0 Å². The van der Waals surface area contributed by atoms with Crippen molar-refractivity contribution in [3.63, 3.8) is 0 Å². The third-order valence-electron chi connectivity index (χ3n) is 5.79. The number of nitrogens with zero attached hydrogens (tertiary/aromatic N) is 4. The normalized spacial score (nSPS) is 14.9. The molecule has 0 unspecified atom stereocenters. The molecule has 1 fully saturated rings. The highest BCUT2D eigenvalue weighted by Crippen LogP contribution is 2.32. The average molecular weight is 424 g/mol. The molecule has 0 bridgehead atoms. The van der Waals surface area contributed by atoms with Crippen LogP contribution < -0.4 is 5.32 Å². The molecule has 0 aliphatic heterocycles. The van der Waals surface area contributed by atoms with Gasteiger partial charge in [-0.1, -0.05) is 45.2 Å². The van der Waals surface area contributed by atoms with E-state index in [1.807, 2.05) is 58.1 Å². The number of rotatable bonds is 6. The second-order valence-electron chi connectivity index (χ2n) is 8.33. The molecule has 158 valence electrons. The van der Waals surface area contributed by atoms with Gasteiger partial charge in [-0.25, -0.2) is 9.36 Å². The molecule has 0 spiro atoms. The van der Waals surface area contributed by atoms with Crippen LogP contribution in [0.15, 0.2) is 48.8 Å². The minimum atomic E-state index is -0.129. The maximum absolute atomic E-state index is 12.7. The number of nitrogens with one attached hydrogen (secondary N) is 1. The second kappa shape index (κ2) is 9.00. The van der Waals surface area contributed by atoms with E-state index in [0.29, 0.717) is 16.6 Å². The summed E-state index contributed by atoms with van der Waals surface area (Å²) in [4.78, 5) is 12.7. The molecular weight excluding hydrogens is 394 g/mol. The Bertz CT molecular complexity index is 1040. The van der Waals surface area contributed by atoms with Gasteiger partial charge in [-0.05, 0) is 60.8 Å². The molecule has 0 saturated heterocycles. The molecule has 1 aliphatic carbocycles. The van der Waals surface area contributed by atoms with Crippen molar-refractivity contribution in [2.45, 2.75) is 64.3 Å². The summed E-state index contributed by atoms with van der Waals surface area (Å²) in [6.07, 6.45) is 9.85. The van der Waals surface area contributed by atoms with Crippen molar-refractivity contribution in [2.75, 3.05) is 5.32 Å². The van der Waals surface area contributed by atoms with Gasteiger partial charge in [0.15, 0.2) is 5.82 Å². The quantitative estimate of drug-likeness (QED) is 0.545. The first kappa shape index (κ1) is 20.6. The fourth-order valence-electron chi connectivity index (χ4n) is 4.10. The van der Waals surface area contributed by atoms with E-state index in [4.69, 9.17) is 17.3 Å². The van der Waals surface area contributed by atoms with Gasteiger partial charge in [-0.2, -0.15) is 5.10 Å². The van der Waals surface area contributed by atoms with E-state index in [1.165, 1.54) is 24.8 Å². The molecule has 6 nitrogen and oxygen atoms in total. The van der Waals surface area contributed by atoms with E-state index in [1.54, 1.807) is 4.68 Å². The Morgan fingerprint density at radius 2 is 1.80 bits per heavy atom. The molecule has 7 heteroatoms. The Morgan fingerprint density at radius 1 is 1.13 bits per heavy atom. The SMILES string of the molecule is CC(C)c1ccc(NC(=O)Cn2nc(C3CCCCC3)n(-n3cccc3)c2=S)cc1. The third-order valence-corrected chi connectivity index (χ3v) is 6.17. The average Bonchev–Trinajstić information content (AvgIpc) is 3.37. The van der Waals surface area contributed by atoms with Gasteiger partial charge >= 0.3 is 0 Å². The lowest BCUT2D eigenvalue weighted by molar-refractivity contribution is -0.116. The van der Waals surface area contributed by atoms with Gasteiger partial charge in [0.2, 0.25) is 10.7 Å². The Kier molecular flexibility index (Phi) is 6.18. The van der Waals surface area contributed by atoms with Crippen LogP contribution in [0.3, 0.4) is 0 Å². The van der Waals surface area contributed by atoms with Gasteiger partial charge in [0.1, 0.15) is 6.54 Å². The molecule has 1 amide bonds. The number of amides is 1. The highest BCUT2D eigenvalue weighted by molar-refractivity contribution is 7.71. The lowest BCUT2D eigenvalue weighted by atomic mass is 9.89. The number of carbonyl (C=O) groups is 1. The van der Waals surface area contributed by atoms with Gasteiger partial charge in [-0.15, -0.1) is 0 Å². The Labute approximate surface area is 182 Å². The van der Waals surface area contributed by atoms with Crippen LogP contribution in [0.4, 0.5) is 5.69 Å². The summed E-state index contributed by atoms with van der Waals surface area (Å²) in [5.41, 5.74) is 2.03. The molecular formula is C23H29N5OS. The molecule has 2 heterocycles. The molecule has 2 aromatic heterocycles. The van der Waals surface area contributed by atoms with E-state index < -0.39 is 0 Å². The van der Waals surface area contributed by atoms with Gasteiger partial charge in [0.05, 0.1) is 0 Å². The molecule has 1 aromatic carbocycles. The van der Waals surface area contributed by atoms with Crippen molar-refractivity contribution in [3.05, 3.63) is 65.0 Å². The van der Waals surface area contributed by atoms with E-state index in [-0.39, 0.29) is 12.5 Å². The molecule has 0 radical (unpaired) electrons. The summed E-state index contributed by atoms with van der Waals surface area (Å²) >= 11 is 5.72. The largest absolute Gasteiger partial charge is 0.324 e. The van der Waals surface area contributed by atoms with Crippen molar-refractivity contribution in [1.82, 2.24) is 19.1 Å². The summed E-state index contributed by atoms with van der Waals surface area (Å²) in [7, 11) is 0. The number of aromatic nitrogens is 4. The zero-order valence-electron chi connectivity index (χ0n) is 17.6. The predicted octanol–water partition coefficient (Wildman–Crippen LogP) is 5.34. The van der Waals surface area contributed by atoms with Crippen molar-refractivity contribution in [3.8, 4) is 0 Å². The lowest BCUT2D eigenvalue weighted by Gasteiger charge is -2.21. The fraction of sp³-hybridized carbons (Fsp3) is 0.435. The Morgan fingerprint density at radius 3 is 2.43 bits per heavy atom. The van der Waals surface area contributed by atoms with E-state index in [2.05, 4.69) is 19.2 Å². The molecule has 1 aliphatic rings. The number of carbonyl (C=O) groups excluding carboxylic acids is 1. The van der Waals surface area contributed by atoms with Crippen molar-refractivity contribution < 1.29 is 4.79 Å². The van der Waals surface area contributed by atoms with Crippen LogP contribution in [-0.4, -0.2) is 25.0 Å². The van der Waals surface area contributed by atoms with Crippen LogP contribution in [0.2, 0.25) is 0 Å². The van der Waals surface area contributed by atoms with Crippen LogP contribution in [0.5, 0.6) is 0 Å². The number of benzene rings is 1. The summed E-state index contributed by atoms with van der Waals surface area (Å²) in [6.45, 7) is 4.40. The van der Waals surface area contributed by atoms with Crippen molar-refractivity contribution in [2.24, 2.45) is 0 Å². The summed E-state index contributed by atoms with van der Waals surface area (Å²) in [5, 5.41) is 7.77. The molecule has 1 N–H and O–H groups in total. The molecule has 30 heavy (non-hydrogen) atoms. The predicted molar refractivity (Wildman–Crippen MR) is 121 cm³/mol. The first-order chi connectivity index (χ1) is 14.5. The second-order valence-corrected chi connectivity index (χ2v) is 8.70. The van der Waals surface area contributed by atoms with E-state index in [9.17, 15) is 4.79 Å². The fourth-order valence-corrected chi connectivity index (χ4v) is 4.39. The maximum atomic E-state index is 12.7. The first-order valence-electron chi connectivity index (χ1n) is 10.8. The molecule has 3 aromatic rings. The Balaban J connectivity index is 1.56. The Hall–Kier alpha value is -2.67. The van der Waals surface area contributed by atoms with Gasteiger partial charge in [0.25, 0.3) is 0 Å². The highest BCUT2D eigenvalue weighted by Gasteiger charge is 2.24. The number of hydrogen-bond acceptors (Lipinski definition) is 3. The van der Waals surface area contributed by atoms with Crippen LogP contribution in [0.25, 0.3) is 0 Å². The third kappa shape index (κ3) is 4.41. The topological polar surface area (TPSA) is 56.8 Å². The van der Waals surface area contributed by atoms with Crippen molar-refractivity contribution >= 4 is 23.8 Å². The summed E-state index contributed by atoms with van der Waals surface area (Å²) in [6, 6.07) is 11.9. The monoisotopic (exact) mass is 423 g/mol. The minimum Gasteiger partial charge on any atom is -0.324 e. The maximum Gasteiger partial charge on any atom is 0.246 e. The molecule has 4 rings (SSSR count). The smallest absolute Gasteiger partial charge is 0.246 e. The minimum absolute atomic E-state index is 0.0960. The lowest BCUT2D eigenvalue weighted by Crippen LogP contribution is -2.20.